The largest absolute Gasteiger partial charge is 0.372 e. The summed E-state index contributed by atoms with van der Waals surface area (Å²) in [6.45, 7) is 3.98. The highest BCUT2D eigenvalue weighted by molar-refractivity contribution is 8.17. The third kappa shape index (κ3) is 0.962. The molecule has 1 rings (SSSR count). The van der Waals surface area contributed by atoms with Crippen molar-refractivity contribution in [3.05, 3.63) is 11.6 Å². The molecular weight excluding hydrogens is 110 g/mol. The van der Waals surface area contributed by atoms with Crippen LogP contribution in [0.2, 0.25) is 0 Å². The first-order chi connectivity index (χ1) is 3.29. The minimum atomic E-state index is 0.157. The van der Waals surface area contributed by atoms with Crippen LogP contribution >= 0.6 is 11.8 Å². The molecule has 1 N–H and O–H groups in total. The van der Waals surface area contributed by atoms with Gasteiger partial charge < -0.3 is 5.32 Å². The van der Waals surface area contributed by atoms with Gasteiger partial charge in [0, 0.05) is 0 Å². The molecule has 3 heteroatoms. The Morgan fingerprint density at radius 3 is 2.71 bits per heavy atom. The SMILES string of the molecule is C=C1NCC(=O)S1. The van der Waals surface area contributed by atoms with Crippen molar-refractivity contribution in [2.24, 2.45) is 0 Å². The number of rotatable bonds is 0. The van der Waals surface area contributed by atoms with Gasteiger partial charge in [-0.05, 0) is 11.8 Å². The van der Waals surface area contributed by atoms with Gasteiger partial charge in [0.25, 0.3) is 0 Å². The van der Waals surface area contributed by atoms with Crippen molar-refractivity contribution in [1.29, 1.82) is 0 Å². The van der Waals surface area contributed by atoms with E-state index in [1.54, 1.807) is 0 Å². The normalized spacial score (nSPS) is 20.0. The Morgan fingerprint density at radius 2 is 2.57 bits per heavy atom. The molecule has 2 nitrogen and oxygen atoms in total. The van der Waals surface area contributed by atoms with Gasteiger partial charge in [0.1, 0.15) is 0 Å². The molecule has 1 heterocycles. The first-order valence-corrected chi connectivity index (χ1v) is 2.74. The van der Waals surface area contributed by atoms with Gasteiger partial charge in [0.05, 0.1) is 11.6 Å². The number of nitrogens with one attached hydrogen (secondary N) is 1. The maximum atomic E-state index is 10.3. The molecule has 0 spiro atoms. The average Bonchev–Trinajstić information content (AvgIpc) is 1.87. The van der Waals surface area contributed by atoms with Crippen LogP contribution in [0.4, 0.5) is 0 Å². The van der Waals surface area contributed by atoms with Crippen LogP contribution in [0.5, 0.6) is 0 Å². The minimum Gasteiger partial charge on any atom is -0.372 e. The summed E-state index contributed by atoms with van der Waals surface area (Å²) in [6, 6.07) is 0. The van der Waals surface area contributed by atoms with E-state index >= 15 is 0 Å². The van der Waals surface area contributed by atoms with E-state index in [1.165, 1.54) is 11.8 Å². The highest BCUT2D eigenvalue weighted by Crippen LogP contribution is 2.15. The lowest BCUT2D eigenvalue weighted by atomic mass is 10.7. The predicted octanol–water partition coefficient (Wildman–Crippen LogP) is 0.321. The van der Waals surface area contributed by atoms with Crippen molar-refractivity contribution in [3.8, 4) is 0 Å². The molecule has 1 fully saturated rings. The molecule has 1 saturated heterocycles. The van der Waals surface area contributed by atoms with Crippen LogP contribution in [-0.2, 0) is 4.79 Å². The fourth-order valence-electron chi connectivity index (χ4n) is 0.380. The van der Waals surface area contributed by atoms with E-state index in [1.807, 2.05) is 0 Å². The zero-order valence-corrected chi connectivity index (χ0v) is 4.55. The lowest BCUT2D eigenvalue weighted by Gasteiger charge is -1.83. The van der Waals surface area contributed by atoms with E-state index in [4.69, 9.17) is 0 Å². The van der Waals surface area contributed by atoms with Gasteiger partial charge in [-0.1, -0.05) is 6.58 Å². The van der Waals surface area contributed by atoms with Gasteiger partial charge in [-0.3, -0.25) is 4.79 Å². The smallest absolute Gasteiger partial charge is 0.214 e. The van der Waals surface area contributed by atoms with Crippen LogP contribution < -0.4 is 5.32 Å². The van der Waals surface area contributed by atoms with Crippen LogP contribution in [0, 0.1) is 0 Å². The molecule has 0 aromatic heterocycles. The fraction of sp³-hybridized carbons (Fsp3) is 0.250. The Morgan fingerprint density at radius 1 is 1.86 bits per heavy atom. The van der Waals surface area contributed by atoms with Gasteiger partial charge >= 0.3 is 0 Å². The van der Waals surface area contributed by atoms with Crippen molar-refractivity contribution in [2.45, 2.75) is 0 Å². The molecule has 1 aliphatic heterocycles. The highest BCUT2D eigenvalue weighted by atomic mass is 32.2. The lowest BCUT2D eigenvalue weighted by Crippen LogP contribution is -2.05. The molecule has 0 saturated carbocycles. The van der Waals surface area contributed by atoms with Crippen LogP contribution in [-0.4, -0.2) is 11.7 Å². The van der Waals surface area contributed by atoms with E-state index < -0.39 is 0 Å². The maximum absolute atomic E-state index is 10.3. The summed E-state index contributed by atoms with van der Waals surface area (Å²) in [7, 11) is 0. The Bertz CT molecular complexity index is 107. The number of hydrogen-bond donors (Lipinski definition) is 1. The second-order valence-corrected chi connectivity index (χ2v) is 2.40. The first kappa shape index (κ1) is 4.71. The van der Waals surface area contributed by atoms with Crippen molar-refractivity contribution in [3.63, 3.8) is 0 Å². The Hall–Kier alpha value is -0.440. The Balaban J connectivity index is 2.55. The molecule has 0 aliphatic carbocycles. The maximum Gasteiger partial charge on any atom is 0.214 e. The number of thioether (sulfide) groups is 1. The van der Waals surface area contributed by atoms with E-state index in [9.17, 15) is 4.79 Å². The molecule has 0 radical (unpaired) electrons. The van der Waals surface area contributed by atoms with E-state index in [0.29, 0.717) is 6.54 Å². The Kier molecular flexibility index (Phi) is 1.06. The fourth-order valence-corrected chi connectivity index (χ4v) is 0.944. The van der Waals surface area contributed by atoms with Crippen molar-refractivity contribution < 1.29 is 4.79 Å². The van der Waals surface area contributed by atoms with Crippen molar-refractivity contribution in [1.82, 2.24) is 5.32 Å². The van der Waals surface area contributed by atoms with E-state index in [0.717, 1.165) is 5.03 Å². The summed E-state index contributed by atoms with van der Waals surface area (Å²) in [5.74, 6) is 0. The molecule has 0 atom stereocenters. The Labute approximate surface area is 46.0 Å². The van der Waals surface area contributed by atoms with Crippen LogP contribution in [0.1, 0.15) is 0 Å². The lowest BCUT2D eigenvalue weighted by molar-refractivity contribution is -0.109. The third-order valence-corrected chi connectivity index (χ3v) is 1.43. The zero-order chi connectivity index (χ0) is 5.28. The van der Waals surface area contributed by atoms with Gasteiger partial charge in [0.15, 0.2) is 0 Å². The zero-order valence-electron chi connectivity index (χ0n) is 3.73. The molecule has 0 bridgehead atoms. The summed E-state index contributed by atoms with van der Waals surface area (Å²) < 4.78 is 0. The standard InChI is InChI=1S/C4H5NOS/c1-3-5-2-4(6)7-3/h5H,1-2H2. The molecule has 0 unspecified atom stereocenters. The molecular formula is C4H5NOS. The van der Waals surface area contributed by atoms with Gasteiger partial charge in [-0.15, -0.1) is 0 Å². The molecule has 7 heavy (non-hydrogen) atoms. The summed E-state index contributed by atoms with van der Waals surface area (Å²) in [6.07, 6.45) is 0. The second-order valence-electron chi connectivity index (χ2n) is 1.25. The molecule has 1 aliphatic rings. The van der Waals surface area contributed by atoms with Crippen molar-refractivity contribution >= 4 is 16.9 Å². The predicted molar refractivity (Wildman–Crippen MR) is 29.7 cm³/mol. The van der Waals surface area contributed by atoms with E-state index in [2.05, 4.69) is 11.9 Å². The van der Waals surface area contributed by atoms with Gasteiger partial charge in [-0.2, -0.15) is 0 Å². The summed E-state index contributed by atoms with van der Waals surface area (Å²) in [4.78, 5) is 10.3. The molecule has 0 amide bonds. The molecule has 0 aromatic rings. The van der Waals surface area contributed by atoms with Crippen LogP contribution in [0.25, 0.3) is 0 Å². The third-order valence-electron chi connectivity index (χ3n) is 0.667. The average molecular weight is 115 g/mol. The van der Waals surface area contributed by atoms with Crippen LogP contribution in [0.15, 0.2) is 11.6 Å². The topological polar surface area (TPSA) is 29.1 Å². The summed E-state index contributed by atoms with van der Waals surface area (Å²) >= 11 is 1.18. The quantitative estimate of drug-likeness (QED) is 0.493. The number of carbonyl (C=O) groups is 1. The first-order valence-electron chi connectivity index (χ1n) is 1.92. The number of carbonyl (C=O) groups excluding carboxylic acids is 1. The van der Waals surface area contributed by atoms with Gasteiger partial charge in [-0.25, -0.2) is 0 Å². The second kappa shape index (κ2) is 1.58. The van der Waals surface area contributed by atoms with Gasteiger partial charge in [0.2, 0.25) is 5.12 Å². The summed E-state index contributed by atoms with van der Waals surface area (Å²) in [5, 5.41) is 3.71. The molecule has 38 valence electrons. The molecule has 0 aromatic carbocycles. The highest BCUT2D eigenvalue weighted by Gasteiger charge is 2.11. The van der Waals surface area contributed by atoms with Crippen LogP contribution in [0.3, 0.4) is 0 Å². The summed E-state index contributed by atoms with van der Waals surface area (Å²) in [5.41, 5.74) is 0. The van der Waals surface area contributed by atoms with Crippen molar-refractivity contribution in [2.75, 3.05) is 6.54 Å². The number of hydrogen-bond acceptors (Lipinski definition) is 3. The van der Waals surface area contributed by atoms with E-state index in [-0.39, 0.29) is 5.12 Å². The minimum absolute atomic E-state index is 0.157. The monoisotopic (exact) mass is 115 g/mol.